The van der Waals surface area contributed by atoms with Gasteiger partial charge in [-0.15, -0.1) is 0 Å². The summed E-state index contributed by atoms with van der Waals surface area (Å²) in [5.74, 6) is -0.0755. The summed E-state index contributed by atoms with van der Waals surface area (Å²) in [6.07, 6.45) is 4.48. The van der Waals surface area contributed by atoms with Gasteiger partial charge in [0.1, 0.15) is 5.76 Å². The molecule has 24 heavy (non-hydrogen) atoms. The summed E-state index contributed by atoms with van der Waals surface area (Å²) in [6, 6.07) is 5.79. The van der Waals surface area contributed by atoms with Crippen molar-refractivity contribution in [2.24, 2.45) is 0 Å². The first-order valence-corrected chi connectivity index (χ1v) is 7.87. The molecule has 3 heterocycles. The van der Waals surface area contributed by atoms with Gasteiger partial charge in [-0.2, -0.15) is 5.10 Å². The van der Waals surface area contributed by atoms with Crippen LogP contribution in [-0.4, -0.2) is 25.8 Å². The van der Waals surface area contributed by atoms with Crippen LogP contribution < -0.4 is 0 Å². The van der Waals surface area contributed by atoms with Crippen molar-refractivity contribution < 1.29 is 14.3 Å². The molecule has 0 saturated carbocycles. The number of carboxylic acids is 1. The average molecular weight is 323 g/mol. The largest absolute Gasteiger partial charge is 0.475 e. The number of fused-ring (bicyclic) bond motifs is 3. The molecule has 0 radical (unpaired) electrons. The van der Waals surface area contributed by atoms with Crippen molar-refractivity contribution in [2.45, 2.75) is 32.7 Å². The molecule has 1 unspecified atom stereocenters. The van der Waals surface area contributed by atoms with Crippen molar-refractivity contribution >= 4 is 5.97 Å². The van der Waals surface area contributed by atoms with E-state index in [9.17, 15) is 9.90 Å². The van der Waals surface area contributed by atoms with Crippen LogP contribution in [0, 0.1) is 6.92 Å². The Balaban J connectivity index is 1.79. The van der Waals surface area contributed by atoms with Crippen molar-refractivity contribution in [1.29, 1.82) is 0 Å². The van der Waals surface area contributed by atoms with Crippen LogP contribution in [0.1, 0.15) is 46.0 Å². The van der Waals surface area contributed by atoms with Gasteiger partial charge in [-0.3, -0.25) is 9.67 Å². The number of rotatable bonds is 3. The third kappa shape index (κ3) is 2.22. The van der Waals surface area contributed by atoms with Crippen LogP contribution in [-0.2, 0) is 13.0 Å². The minimum atomic E-state index is -1.04. The zero-order valence-corrected chi connectivity index (χ0v) is 13.5. The Labute approximate surface area is 138 Å². The fraction of sp³-hybridized carbons (Fsp3) is 0.278. The Morgan fingerprint density at radius 2 is 2.29 bits per heavy atom. The molecule has 0 aliphatic heterocycles. The molecular weight excluding hydrogens is 306 g/mol. The molecule has 1 atom stereocenters. The number of aromatic nitrogens is 3. The van der Waals surface area contributed by atoms with E-state index in [1.165, 1.54) is 0 Å². The van der Waals surface area contributed by atoms with E-state index in [1.54, 1.807) is 13.1 Å². The maximum absolute atomic E-state index is 11.4. The molecule has 6 nitrogen and oxygen atoms in total. The lowest BCUT2D eigenvalue weighted by Crippen LogP contribution is -2.05. The zero-order chi connectivity index (χ0) is 16.8. The molecular formula is C18H17N3O3. The summed E-state index contributed by atoms with van der Waals surface area (Å²) in [7, 11) is 0. The predicted molar refractivity (Wildman–Crippen MR) is 87.1 cm³/mol. The highest BCUT2D eigenvalue weighted by Crippen LogP contribution is 2.42. The molecule has 3 aromatic heterocycles. The first kappa shape index (κ1) is 14.7. The van der Waals surface area contributed by atoms with Gasteiger partial charge in [-0.05, 0) is 25.0 Å². The summed E-state index contributed by atoms with van der Waals surface area (Å²) in [5.41, 5.74) is 4.36. The fourth-order valence-corrected chi connectivity index (χ4v) is 3.35. The Kier molecular flexibility index (Phi) is 3.26. The Morgan fingerprint density at radius 3 is 3.00 bits per heavy atom. The van der Waals surface area contributed by atoms with Crippen LogP contribution >= 0.6 is 0 Å². The molecule has 0 fully saturated rings. The van der Waals surface area contributed by atoms with Gasteiger partial charge >= 0.3 is 5.97 Å². The van der Waals surface area contributed by atoms with E-state index < -0.39 is 5.97 Å². The van der Waals surface area contributed by atoms with E-state index in [1.807, 2.05) is 29.1 Å². The molecule has 1 N–H and O–H groups in total. The SMILES string of the molecule is Cc1c(C(=O)O)oc2c1-c1nn(Cc3ccccn3)cc1C(C)C2. The third-order valence-electron chi connectivity index (χ3n) is 4.51. The molecule has 1 aliphatic rings. The number of furan rings is 1. The smallest absolute Gasteiger partial charge is 0.372 e. The number of carbonyl (C=O) groups is 1. The van der Waals surface area contributed by atoms with Gasteiger partial charge in [0.2, 0.25) is 5.76 Å². The van der Waals surface area contributed by atoms with Gasteiger partial charge in [-0.1, -0.05) is 13.0 Å². The van der Waals surface area contributed by atoms with Gasteiger partial charge in [0.15, 0.2) is 0 Å². The van der Waals surface area contributed by atoms with E-state index in [4.69, 9.17) is 9.52 Å². The second-order valence-corrected chi connectivity index (χ2v) is 6.22. The highest BCUT2D eigenvalue weighted by atomic mass is 16.4. The minimum absolute atomic E-state index is 0.0133. The third-order valence-corrected chi connectivity index (χ3v) is 4.51. The number of aromatic carboxylic acids is 1. The summed E-state index contributed by atoms with van der Waals surface area (Å²) in [5, 5.41) is 14.0. The van der Waals surface area contributed by atoms with Crippen LogP contribution in [0.2, 0.25) is 0 Å². The van der Waals surface area contributed by atoms with Crippen molar-refractivity contribution in [1.82, 2.24) is 14.8 Å². The van der Waals surface area contributed by atoms with Gasteiger partial charge in [0.05, 0.1) is 17.9 Å². The minimum Gasteiger partial charge on any atom is -0.475 e. The lowest BCUT2D eigenvalue weighted by Gasteiger charge is -2.16. The summed E-state index contributed by atoms with van der Waals surface area (Å²) >= 11 is 0. The fourth-order valence-electron chi connectivity index (χ4n) is 3.35. The maximum atomic E-state index is 11.4. The maximum Gasteiger partial charge on any atom is 0.372 e. The normalized spacial score (nSPS) is 15.8. The second kappa shape index (κ2) is 5.33. The molecule has 0 spiro atoms. The molecule has 4 rings (SSSR count). The van der Waals surface area contributed by atoms with Crippen molar-refractivity contribution in [3.05, 3.63) is 58.9 Å². The van der Waals surface area contributed by atoms with Gasteiger partial charge in [-0.25, -0.2) is 4.79 Å². The lowest BCUT2D eigenvalue weighted by molar-refractivity contribution is 0.0659. The Hall–Kier alpha value is -2.89. The molecule has 0 bridgehead atoms. The molecule has 0 aromatic carbocycles. The Morgan fingerprint density at radius 1 is 1.46 bits per heavy atom. The predicted octanol–water partition coefficient (Wildman–Crippen LogP) is 3.25. The number of hydrogen-bond donors (Lipinski definition) is 1. The highest BCUT2D eigenvalue weighted by Gasteiger charge is 2.32. The van der Waals surface area contributed by atoms with Crippen molar-refractivity contribution in [3.63, 3.8) is 0 Å². The Bertz CT molecular complexity index is 925. The highest BCUT2D eigenvalue weighted by molar-refractivity contribution is 5.90. The van der Waals surface area contributed by atoms with Gasteiger partial charge in [0.25, 0.3) is 0 Å². The lowest BCUT2D eigenvalue weighted by atomic mass is 9.86. The van der Waals surface area contributed by atoms with E-state index >= 15 is 0 Å². The summed E-state index contributed by atoms with van der Waals surface area (Å²) in [4.78, 5) is 15.7. The first-order chi connectivity index (χ1) is 11.5. The molecule has 6 heteroatoms. The van der Waals surface area contributed by atoms with E-state index in [2.05, 4.69) is 11.9 Å². The van der Waals surface area contributed by atoms with Crippen LogP contribution in [0.4, 0.5) is 0 Å². The summed E-state index contributed by atoms with van der Waals surface area (Å²) < 4.78 is 7.46. The standard InChI is InChI=1S/C18H17N3O3/c1-10-7-14-15(11(2)17(24-14)18(22)23)16-13(10)9-21(20-16)8-12-5-3-4-6-19-12/h3-6,9-10H,7-8H2,1-2H3,(H,22,23). The van der Waals surface area contributed by atoms with Crippen LogP contribution in [0.5, 0.6) is 0 Å². The first-order valence-electron chi connectivity index (χ1n) is 7.87. The summed E-state index contributed by atoms with van der Waals surface area (Å²) in [6.45, 7) is 4.47. The molecule has 0 amide bonds. The quantitative estimate of drug-likeness (QED) is 0.800. The van der Waals surface area contributed by atoms with Crippen LogP contribution in [0.15, 0.2) is 35.0 Å². The van der Waals surface area contributed by atoms with Crippen LogP contribution in [0.3, 0.4) is 0 Å². The van der Waals surface area contributed by atoms with Crippen molar-refractivity contribution in [2.75, 3.05) is 0 Å². The molecule has 3 aromatic rings. The van der Waals surface area contributed by atoms with E-state index in [0.29, 0.717) is 24.3 Å². The molecule has 0 saturated heterocycles. The average Bonchev–Trinajstić information content (AvgIpc) is 3.10. The number of carboxylic acid groups (broad SMARTS) is 1. The van der Waals surface area contributed by atoms with E-state index in [-0.39, 0.29) is 11.7 Å². The van der Waals surface area contributed by atoms with Gasteiger partial charge in [0, 0.05) is 35.5 Å². The number of nitrogens with zero attached hydrogens (tertiary/aromatic N) is 3. The zero-order valence-electron chi connectivity index (χ0n) is 13.5. The van der Waals surface area contributed by atoms with Crippen LogP contribution in [0.25, 0.3) is 11.3 Å². The number of hydrogen-bond acceptors (Lipinski definition) is 4. The second-order valence-electron chi connectivity index (χ2n) is 6.22. The topological polar surface area (TPSA) is 81.1 Å². The van der Waals surface area contributed by atoms with Gasteiger partial charge < -0.3 is 9.52 Å². The van der Waals surface area contributed by atoms with Crippen molar-refractivity contribution in [3.8, 4) is 11.3 Å². The molecule has 1 aliphatic carbocycles. The monoisotopic (exact) mass is 323 g/mol. The number of pyridine rings is 1. The van der Waals surface area contributed by atoms with E-state index in [0.717, 1.165) is 22.5 Å². The molecule has 122 valence electrons.